The van der Waals surface area contributed by atoms with Crippen molar-refractivity contribution in [2.75, 3.05) is 13.2 Å². The molecular weight excluding hydrogens is 494 g/mol. The average molecular weight is 528 g/mol. The highest BCUT2D eigenvalue weighted by Crippen LogP contribution is 2.48. The van der Waals surface area contributed by atoms with Crippen LogP contribution in [0.2, 0.25) is 0 Å². The Morgan fingerprint density at radius 1 is 1.03 bits per heavy atom. The van der Waals surface area contributed by atoms with Crippen molar-refractivity contribution in [3.63, 3.8) is 0 Å². The molecule has 3 aromatic carbocycles. The van der Waals surface area contributed by atoms with Gasteiger partial charge < -0.3 is 21.1 Å². The van der Waals surface area contributed by atoms with E-state index in [9.17, 15) is 14.4 Å². The van der Waals surface area contributed by atoms with Gasteiger partial charge in [-0.2, -0.15) is 0 Å². The molecule has 0 radical (unpaired) electrons. The minimum Gasteiger partial charge on any atom is -0.463 e. The lowest BCUT2D eigenvalue weighted by Gasteiger charge is -2.21. The molecule has 0 atom stereocenters. The summed E-state index contributed by atoms with van der Waals surface area (Å²) in [5.41, 5.74) is 6.37. The second kappa shape index (κ2) is 14.3. The molecular formula is C31H33N3O5. The van der Waals surface area contributed by atoms with E-state index in [1.165, 1.54) is 12.0 Å². The lowest BCUT2D eigenvalue weighted by atomic mass is 9.96. The second-order valence-corrected chi connectivity index (χ2v) is 9.06. The van der Waals surface area contributed by atoms with Crippen molar-refractivity contribution in [3.8, 4) is 0 Å². The van der Waals surface area contributed by atoms with Gasteiger partial charge in [-0.15, -0.1) is 0 Å². The molecule has 2 amide bonds. The second-order valence-electron chi connectivity index (χ2n) is 9.06. The largest absolute Gasteiger partial charge is 0.463 e. The summed E-state index contributed by atoms with van der Waals surface area (Å²) < 4.78 is 4.95. The molecule has 0 aromatic heterocycles. The Morgan fingerprint density at radius 3 is 2.44 bits per heavy atom. The number of carbonyl (C=O) groups excluding carboxylic acids is 4. The summed E-state index contributed by atoms with van der Waals surface area (Å²) in [6.07, 6.45) is 6.26. The monoisotopic (exact) mass is 527 g/mol. The predicted octanol–water partition coefficient (Wildman–Crippen LogP) is 3.72. The molecule has 0 bridgehead atoms. The van der Waals surface area contributed by atoms with Crippen LogP contribution < -0.4 is 16.4 Å². The van der Waals surface area contributed by atoms with E-state index in [1.807, 2.05) is 31.2 Å². The SMILES string of the molecule is CCCOC(=O)/C=C/CNC(=O)Cc1ccccc1C(=O)NC1(c2cccc3ccccc23)CC1.NC=C=O. The van der Waals surface area contributed by atoms with Crippen molar-refractivity contribution in [2.45, 2.75) is 38.1 Å². The Labute approximate surface area is 227 Å². The van der Waals surface area contributed by atoms with Gasteiger partial charge in [0.25, 0.3) is 5.91 Å². The summed E-state index contributed by atoms with van der Waals surface area (Å²) in [6, 6.07) is 21.6. The standard InChI is InChI=1S/C29H30N2O4.C2H3NO/c1-2-19-35-27(33)15-8-18-30-26(32)20-22-10-4-6-13-24(22)28(34)31-29(16-17-29)25-14-7-11-21-9-3-5-12-23(21)25;3-1-2-4/h3-15H,2,16-20H2,1H3,(H,30,32)(H,31,34);1H,3H2/b15-8+;. The topological polar surface area (TPSA) is 128 Å². The van der Waals surface area contributed by atoms with Gasteiger partial charge in [-0.1, -0.05) is 73.7 Å². The molecule has 0 saturated heterocycles. The first-order chi connectivity index (χ1) is 18.9. The van der Waals surface area contributed by atoms with Crippen LogP contribution in [0.4, 0.5) is 0 Å². The van der Waals surface area contributed by atoms with E-state index in [0.29, 0.717) is 17.7 Å². The van der Waals surface area contributed by atoms with Crippen LogP contribution >= 0.6 is 0 Å². The summed E-state index contributed by atoms with van der Waals surface area (Å²) >= 11 is 0. The van der Waals surface area contributed by atoms with Crippen LogP contribution in [0.1, 0.15) is 47.7 Å². The highest BCUT2D eigenvalue weighted by Gasteiger charge is 2.46. The van der Waals surface area contributed by atoms with Crippen molar-refractivity contribution in [1.82, 2.24) is 10.6 Å². The predicted molar refractivity (Wildman–Crippen MR) is 150 cm³/mol. The van der Waals surface area contributed by atoms with Gasteiger partial charge in [0.15, 0.2) is 0 Å². The number of ether oxygens (including phenoxy) is 1. The van der Waals surface area contributed by atoms with Gasteiger partial charge in [0, 0.05) is 18.2 Å². The van der Waals surface area contributed by atoms with Gasteiger partial charge in [0.1, 0.15) is 5.94 Å². The van der Waals surface area contributed by atoms with Crippen LogP contribution in [-0.2, 0) is 31.1 Å². The van der Waals surface area contributed by atoms with E-state index in [1.54, 1.807) is 24.3 Å². The first-order valence-electron chi connectivity index (χ1n) is 12.8. The molecule has 1 aliphatic rings. The fourth-order valence-corrected chi connectivity index (χ4v) is 4.22. The highest BCUT2D eigenvalue weighted by atomic mass is 16.5. The van der Waals surface area contributed by atoms with Crippen LogP contribution in [0.15, 0.2) is 85.1 Å². The maximum Gasteiger partial charge on any atom is 0.330 e. The van der Waals surface area contributed by atoms with Gasteiger partial charge in [0.2, 0.25) is 5.91 Å². The quantitative estimate of drug-likeness (QED) is 0.210. The molecule has 0 unspecified atom stereocenters. The van der Waals surface area contributed by atoms with E-state index >= 15 is 0 Å². The lowest BCUT2D eigenvalue weighted by Crippen LogP contribution is -2.36. The molecule has 4 N–H and O–H groups in total. The van der Waals surface area contributed by atoms with Crippen LogP contribution in [-0.4, -0.2) is 36.9 Å². The van der Waals surface area contributed by atoms with E-state index in [2.05, 4.69) is 40.6 Å². The summed E-state index contributed by atoms with van der Waals surface area (Å²) in [5.74, 6) is 0.493. The van der Waals surface area contributed by atoms with Gasteiger partial charge in [0.05, 0.1) is 24.8 Å². The number of benzene rings is 3. The molecule has 39 heavy (non-hydrogen) atoms. The van der Waals surface area contributed by atoms with Crippen LogP contribution in [0, 0.1) is 0 Å². The maximum absolute atomic E-state index is 13.3. The zero-order valence-electron chi connectivity index (χ0n) is 21.9. The Hall–Kier alpha value is -4.68. The first kappa shape index (κ1) is 28.9. The number of amides is 2. The van der Waals surface area contributed by atoms with Gasteiger partial charge in [-0.05, 0) is 47.2 Å². The average Bonchev–Trinajstić information content (AvgIpc) is 3.74. The molecule has 8 nitrogen and oxygen atoms in total. The number of nitrogens with one attached hydrogen (secondary N) is 2. The molecule has 0 heterocycles. The van der Waals surface area contributed by atoms with Crippen molar-refractivity contribution in [3.05, 3.63) is 102 Å². The Morgan fingerprint density at radius 2 is 1.72 bits per heavy atom. The lowest BCUT2D eigenvalue weighted by molar-refractivity contribution is -0.137. The molecule has 1 fully saturated rings. The third-order valence-electron chi connectivity index (χ3n) is 6.21. The number of carbonyl (C=O) groups is 3. The fraction of sp³-hybridized carbons (Fsp3) is 0.258. The number of esters is 1. The molecule has 0 aliphatic heterocycles. The number of fused-ring (bicyclic) bond motifs is 1. The van der Waals surface area contributed by atoms with Crippen molar-refractivity contribution >= 4 is 34.5 Å². The highest BCUT2D eigenvalue weighted by molar-refractivity contribution is 5.98. The fourth-order valence-electron chi connectivity index (χ4n) is 4.22. The Kier molecular flexibility index (Phi) is 10.6. The van der Waals surface area contributed by atoms with Gasteiger partial charge in [-0.3, -0.25) is 9.59 Å². The third-order valence-corrected chi connectivity index (χ3v) is 6.21. The number of nitrogens with two attached hydrogens (primary N) is 1. The zero-order chi connectivity index (χ0) is 28.1. The summed E-state index contributed by atoms with van der Waals surface area (Å²) in [7, 11) is 0. The molecule has 202 valence electrons. The van der Waals surface area contributed by atoms with E-state index in [0.717, 1.165) is 41.8 Å². The maximum atomic E-state index is 13.3. The van der Waals surface area contributed by atoms with E-state index < -0.39 is 5.97 Å². The zero-order valence-corrected chi connectivity index (χ0v) is 21.9. The van der Waals surface area contributed by atoms with Gasteiger partial charge in [-0.25, -0.2) is 9.59 Å². The number of hydrogen-bond acceptors (Lipinski definition) is 6. The van der Waals surface area contributed by atoms with Gasteiger partial charge >= 0.3 is 5.97 Å². The minimum atomic E-state index is -0.427. The molecule has 4 rings (SSSR count). The normalized spacial score (nSPS) is 12.9. The number of rotatable bonds is 10. The van der Waals surface area contributed by atoms with E-state index in [-0.39, 0.29) is 30.3 Å². The molecule has 0 spiro atoms. The summed E-state index contributed by atoms with van der Waals surface area (Å²) in [6.45, 7) is 2.50. The third kappa shape index (κ3) is 8.15. The Balaban J connectivity index is 0.000000983. The van der Waals surface area contributed by atoms with Crippen molar-refractivity contribution in [1.29, 1.82) is 0 Å². The van der Waals surface area contributed by atoms with Crippen LogP contribution in [0.5, 0.6) is 0 Å². The van der Waals surface area contributed by atoms with Crippen molar-refractivity contribution < 1.29 is 23.9 Å². The van der Waals surface area contributed by atoms with Crippen molar-refractivity contribution in [2.24, 2.45) is 5.73 Å². The molecule has 8 heteroatoms. The Bertz CT molecular complexity index is 1380. The summed E-state index contributed by atoms with van der Waals surface area (Å²) in [4.78, 5) is 46.2. The summed E-state index contributed by atoms with van der Waals surface area (Å²) in [5, 5.41) is 8.30. The smallest absolute Gasteiger partial charge is 0.330 e. The van der Waals surface area contributed by atoms with E-state index in [4.69, 9.17) is 9.53 Å². The number of hydrogen-bond donors (Lipinski definition) is 3. The first-order valence-corrected chi connectivity index (χ1v) is 12.8. The molecule has 1 saturated carbocycles. The van der Waals surface area contributed by atoms with Crippen LogP contribution in [0.25, 0.3) is 10.8 Å². The van der Waals surface area contributed by atoms with Crippen LogP contribution in [0.3, 0.4) is 0 Å². The molecule has 3 aromatic rings. The molecule has 1 aliphatic carbocycles. The minimum absolute atomic E-state index is 0.0684.